The summed E-state index contributed by atoms with van der Waals surface area (Å²) in [4.78, 5) is 30.8. The zero-order chi connectivity index (χ0) is 16.8. The Morgan fingerprint density at radius 2 is 1.65 bits per heavy atom. The van der Waals surface area contributed by atoms with Gasteiger partial charge < -0.3 is 14.5 Å². The van der Waals surface area contributed by atoms with E-state index in [1.165, 1.54) is 0 Å². The van der Waals surface area contributed by atoms with Gasteiger partial charge in [-0.3, -0.25) is 14.5 Å². The summed E-state index contributed by atoms with van der Waals surface area (Å²) >= 11 is 0. The van der Waals surface area contributed by atoms with Crippen molar-refractivity contribution in [3.05, 3.63) is 11.6 Å². The lowest BCUT2D eigenvalue weighted by atomic mass is 10.1. The van der Waals surface area contributed by atoms with Crippen LogP contribution < -0.4 is 0 Å². The average molecular weight is 323 g/mol. The molecular formula is C17H29N3O3. The maximum Gasteiger partial charge on any atom is 0.249 e. The van der Waals surface area contributed by atoms with Gasteiger partial charge in [0.15, 0.2) is 0 Å². The lowest BCUT2D eigenvalue weighted by molar-refractivity contribution is -0.141. The van der Waals surface area contributed by atoms with Crippen molar-refractivity contribution in [1.29, 1.82) is 0 Å². The zero-order valence-corrected chi connectivity index (χ0v) is 14.6. The monoisotopic (exact) mass is 323 g/mol. The van der Waals surface area contributed by atoms with Crippen molar-refractivity contribution in [3.8, 4) is 0 Å². The molecule has 2 rings (SSSR count). The Hall–Kier alpha value is -1.40. The molecule has 130 valence electrons. The minimum Gasteiger partial charge on any atom is -0.378 e. The number of ether oxygens (including phenoxy) is 1. The van der Waals surface area contributed by atoms with Gasteiger partial charge in [-0.15, -0.1) is 0 Å². The van der Waals surface area contributed by atoms with Crippen molar-refractivity contribution in [1.82, 2.24) is 14.7 Å². The molecule has 23 heavy (non-hydrogen) atoms. The van der Waals surface area contributed by atoms with E-state index >= 15 is 0 Å². The van der Waals surface area contributed by atoms with E-state index in [-0.39, 0.29) is 17.9 Å². The minimum atomic E-state index is -0.127. The van der Waals surface area contributed by atoms with E-state index in [0.29, 0.717) is 39.4 Å². The molecule has 6 heteroatoms. The zero-order valence-electron chi connectivity index (χ0n) is 14.6. The molecule has 0 unspecified atom stereocenters. The van der Waals surface area contributed by atoms with E-state index < -0.39 is 0 Å². The summed E-state index contributed by atoms with van der Waals surface area (Å²) in [7, 11) is 0. The fraction of sp³-hybridized carbons (Fsp3) is 0.765. The minimum absolute atomic E-state index is 0.124. The summed E-state index contributed by atoms with van der Waals surface area (Å²) in [5.74, 6) is 0.300. The van der Waals surface area contributed by atoms with Crippen LogP contribution >= 0.6 is 0 Å². The van der Waals surface area contributed by atoms with Crippen LogP contribution in [-0.4, -0.2) is 85.0 Å². The standard InChI is InChI=1S/C17H29N3O3/c1-4-5-14(2)16(21)19-8-6-18(7-9-19)15(3)17(22)20-10-12-23-13-11-20/h5,15H,4,6-13H2,1-3H3/b14-5-/t15-/m0/s1. The first kappa shape index (κ1) is 17.9. The Bertz CT molecular complexity index is 450. The van der Waals surface area contributed by atoms with Gasteiger partial charge in [0.05, 0.1) is 19.3 Å². The molecule has 0 radical (unpaired) electrons. The number of allylic oxidation sites excluding steroid dienone is 1. The topological polar surface area (TPSA) is 53.1 Å². The van der Waals surface area contributed by atoms with Crippen molar-refractivity contribution in [2.45, 2.75) is 33.2 Å². The van der Waals surface area contributed by atoms with Crippen LogP contribution in [0.1, 0.15) is 27.2 Å². The number of morpholine rings is 1. The molecule has 1 atom stereocenters. The van der Waals surface area contributed by atoms with Gasteiger partial charge in [0.2, 0.25) is 11.8 Å². The lowest BCUT2D eigenvalue weighted by Crippen LogP contribution is -2.56. The molecule has 2 fully saturated rings. The van der Waals surface area contributed by atoms with E-state index in [9.17, 15) is 9.59 Å². The van der Waals surface area contributed by atoms with Gasteiger partial charge in [-0.25, -0.2) is 0 Å². The molecule has 0 aromatic heterocycles. The predicted octanol–water partition coefficient (Wildman–Crippen LogP) is 0.734. The van der Waals surface area contributed by atoms with Crippen molar-refractivity contribution in [2.24, 2.45) is 0 Å². The van der Waals surface area contributed by atoms with Gasteiger partial charge >= 0.3 is 0 Å². The molecule has 0 bridgehead atoms. The molecule has 2 heterocycles. The Labute approximate surface area is 139 Å². The van der Waals surface area contributed by atoms with Crippen molar-refractivity contribution in [3.63, 3.8) is 0 Å². The molecular weight excluding hydrogens is 294 g/mol. The summed E-state index contributed by atoms with van der Waals surface area (Å²) in [6.07, 6.45) is 2.85. The van der Waals surface area contributed by atoms with Crippen molar-refractivity contribution < 1.29 is 14.3 Å². The first-order valence-corrected chi connectivity index (χ1v) is 8.61. The number of nitrogens with zero attached hydrogens (tertiary/aromatic N) is 3. The van der Waals surface area contributed by atoms with E-state index in [1.54, 1.807) is 0 Å². The first-order valence-electron chi connectivity index (χ1n) is 8.61. The third kappa shape index (κ3) is 4.54. The van der Waals surface area contributed by atoms with Crippen LogP contribution in [0.5, 0.6) is 0 Å². The highest BCUT2D eigenvalue weighted by atomic mass is 16.5. The normalized spacial score (nSPS) is 22.1. The van der Waals surface area contributed by atoms with E-state index in [1.807, 2.05) is 36.6 Å². The highest BCUT2D eigenvalue weighted by molar-refractivity contribution is 5.92. The molecule has 0 aromatic carbocycles. The Balaban J connectivity index is 1.84. The number of hydrogen-bond donors (Lipinski definition) is 0. The molecule has 0 aromatic rings. The van der Waals surface area contributed by atoms with Crippen LogP contribution in [0.2, 0.25) is 0 Å². The molecule has 0 aliphatic carbocycles. The Morgan fingerprint density at radius 3 is 2.22 bits per heavy atom. The van der Waals surface area contributed by atoms with Gasteiger partial charge in [-0.1, -0.05) is 13.0 Å². The summed E-state index contributed by atoms with van der Waals surface area (Å²) < 4.78 is 5.30. The molecule has 2 aliphatic heterocycles. The average Bonchev–Trinajstić information content (AvgIpc) is 2.61. The summed E-state index contributed by atoms with van der Waals surface area (Å²) in [5.41, 5.74) is 0.818. The SMILES string of the molecule is CC/C=C(/C)C(=O)N1CCN([C@@H](C)C(=O)N2CCOCC2)CC1. The predicted molar refractivity (Wildman–Crippen MR) is 89.1 cm³/mol. The highest BCUT2D eigenvalue weighted by Crippen LogP contribution is 2.12. The second-order valence-electron chi connectivity index (χ2n) is 6.24. The number of piperazine rings is 1. The maximum atomic E-state index is 12.5. The number of hydrogen-bond acceptors (Lipinski definition) is 4. The second-order valence-corrected chi connectivity index (χ2v) is 6.24. The lowest BCUT2D eigenvalue weighted by Gasteiger charge is -2.39. The molecule has 0 saturated carbocycles. The quantitative estimate of drug-likeness (QED) is 0.716. The van der Waals surface area contributed by atoms with Crippen molar-refractivity contribution >= 4 is 11.8 Å². The van der Waals surface area contributed by atoms with Crippen LogP contribution in [0.15, 0.2) is 11.6 Å². The van der Waals surface area contributed by atoms with E-state index in [0.717, 1.165) is 25.1 Å². The van der Waals surface area contributed by atoms with Crippen LogP contribution in [0.3, 0.4) is 0 Å². The van der Waals surface area contributed by atoms with Gasteiger partial charge in [0.25, 0.3) is 0 Å². The summed E-state index contributed by atoms with van der Waals surface area (Å²) in [5, 5.41) is 0. The second kappa shape index (κ2) is 8.45. The summed E-state index contributed by atoms with van der Waals surface area (Å²) in [6.45, 7) is 11.4. The van der Waals surface area contributed by atoms with Gasteiger partial charge in [0.1, 0.15) is 0 Å². The maximum absolute atomic E-state index is 12.5. The van der Waals surface area contributed by atoms with Crippen LogP contribution in [0, 0.1) is 0 Å². The smallest absolute Gasteiger partial charge is 0.249 e. The number of rotatable bonds is 4. The molecule has 0 spiro atoms. The van der Waals surface area contributed by atoms with Crippen LogP contribution in [-0.2, 0) is 14.3 Å². The third-order valence-corrected chi connectivity index (χ3v) is 4.68. The van der Waals surface area contributed by atoms with E-state index in [2.05, 4.69) is 4.90 Å². The Kier molecular flexibility index (Phi) is 6.59. The van der Waals surface area contributed by atoms with E-state index in [4.69, 9.17) is 4.74 Å². The third-order valence-electron chi connectivity index (χ3n) is 4.68. The molecule has 0 N–H and O–H groups in total. The molecule has 2 amide bonds. The molecule has 6 nitrogen and oxygen atoms in total. The van der Waals surface area contributed by atoms with Gasteiger partial charge in [-0.2, -0.15) is 0 Å². The number of amides is 2. The number of carbonyl (C=O) groups is 2. The van der Waals surface area contributed by atoms with Crippen molar-refractivity contribution in [2.75, 3.05) is 52.5 Å². The van der Waals surface area contributed by atoms with Gasteiger partial charge in [-0.05, 0) is 20.3 Å². The van der Waals surface area contributed by atoms with Crippen LogP contribution in [0.4, 0.5) is 0 Å². The molecule has 2 saturated heterocycles. The number of carbonyl (C=O) groups excluding carboxylic acids is 2. The van der Waals surface area contributed by atoms with Crippen LogP contribution in [0.25, 0.3) is 0 Å². The fourth-order valence-electron chi connectivity index (χ4n) is 3.16. The molecule has 2 aliphatic rings. The highest BCUT2D eigenvalue weighted by Gasteiger charge is 2.30. The summed E-state index contributed by atoms with van der Waals surface area (Å²) in [6, 6.07) is -0.127. The first-order chi connectivity index (χ1) is 11.0. The fourth-order valence-corrected chi connectivity index (χ4v) is 3.16. The largest absolute Gasteiger partial charge is 0.378 e. The Morgan fingerprint density at radius 1 is 1.04 bits per heavy atom. The van der Waals surface area contributed by atoms with Gasteiger partial charge in [0, 0.05) is 44.8 Å².